The number of rotatable bonds is 1. The average molecular weight is 306 g/mol. The van der Waals surface area contributed by atoms with Gasteiger partial charge in [0.25, 0.3) is 5.91 Å². The minimum atomic E-state index is -3.30. The Morgan fingerprint density at radius 1 is 1.41 bits per heavy atom. The van der Waals surface area contributed by atoms with Crippen molar-refractivity contribution >= 4 is 21.8 Å². The summed E-state index contributed by atoms with van der Waals surface area (Å²) < 4.78 is 33.7. The zero-order valence-corrected chi connectivity index (χ0v) is 10.8. The maximum atomic E-state index is 14.2. The number of hydrogen-bond acceptors (Lipinski definition) is 2. The van der Waals surface area contributed by atoms with Crippen LogP contribution in [0.4, 0.5) is 8.78 Å². The molecule has 6 heteroatoms. The Hall–Kier alpha value is -1.01. The number of amides is 1. The van der Waals surface area contributed by atoms with E-state index >= 15 is 0 Å². The van der Waals surface area contributed by atoms with Crippen LogP contribution in [-0.2, 0) is 10.7 Å². The summed E-state index contributed by atoms with van der Waals surface area (Å²) in [6, 6.07) is 4.15. The molecule has 1 heterocycles. The Kier molecular flexibility index (Phi) is 2.74. The number of halogens is 3. The number of alkyl halides is 2. The van der Waals surface area contributed by atoms with E-state index in [1.54, 1.807) is 6.07 Å². The van der Waals surface area contributed by atoms with E-state index in [0.717, 1.165) is 14.0 Å². The molecule has 1 amide bonds. The summed E-state index contributed by atoms with van der Waals surface area (Å²) in [5.41, 5.74) is -2.40. The lowest BCUT2D eigenvalue weighted by molar-refractivity contribution is -0.208. The predicted molar refractivity (Wildman–Crippen MR) is 60.9 cm³/mol. The third-order valence-electron chi connectivity index (χ3n) is 2.92. The van der Waals surface area contributed by atoms with Crippen molar-refractivity contribution in [2.24, 2.45) is 0 Å². The van der Waals surface area contributed by atoms with Crippen LogP contribution in [0, 0.1) is 0 Å². The van der Waals surface area contributed by atoms with E-state index in [4.69, 9.17) is 4.74 Å². The van der Waals surface area contributed by atoms with Crippen LogP contribution >= 0.6 is 15.9 Å². The number of nitrogens with one attached hydrogen (secondary N) is 1. The standard InChI is InChI=1S/C11H10BrF2NO2/c1-10(17-2)11(13,14)8-5-6(12)3-4-7(8)9(16)15-10/h3-5H,1-2H3,(H,15,16). The van der Waals surface area contributed by atoms with Gasteiger partial charge in [0.2, 0.25) is 5.72 Å². The molecular weight excluding hydrogens is 296 g/mol. The zero-order chi connectivity index (χ0) is 12.8. The first-order valence-corrected chi connectivity index (χ1v) is 5.66. The van der Waals surface area contributed by atoms with Gasteiger partial charge in [0.05, 0.1) is 0 Å². The maximum absolute atomic E-state index is 14.2. The Bertz CT molecular complexity index is 492. The van der Waals surface area contributed by atoms with Gasteiger partial charge in [-0.2, -0.15) is 8.78 Å². The smallest absolute Gasteiger partial charge is 0.320 e. The number of ether oxygens (including phenoxy) is 1. The molecule has 0 bridgehead atoms. The predicted octanol–water partition coefficient (Wildman–Crippen LogP) is 2.65. The van der Waals surface area contributed by atoms with Crippen molar-refractivity contribution in [2.45, 2.75) is 18.6 Å². The first-order chi connectivity index (χ1) is 7.82. The van der Waals surface area contributed by atoms with Gasteiger partial charge in [0.1, 0.15) is 0 Å². The summed E-state index contributed by atoms with van der Waals surface area (Å²) >= 11 is 3.12. The third-order valence-corrected chi connectivity index (χ3v) is 3.42. The molecule has 0 aromatic heterocycles. The van der Waals surface area contributed by atoms with Crippen molar-refractivity contribution in [1.82, 2.24) is 5.32 Å². The molecule has 1 aliphatic heterocycles. The van der Waals surface area contributed by atoms with E-state index in [0.29, 0.717) is 4.47 Å². The first kappa shape index (κ1) is 12.4. The molecule has 1 atom stereocenters. The molecule has 17 heavy (non-hydrogen) atoms. The number of carbonyl (C=O) groups excluding carboxylic acids is 1. The van der Waals surface area contributed by atoms with E-state index in [1.807, 2.05) is 0 Å². The van der Waals surface area contributed by atoms with Gasteiger partial charge in [-0.1, -0.05) is 15.9 Å². The number of benzene rings is 1. The molecule has 1 N–H and O–H groups in total. The summed E-state index contributed by atoms with van der Waals surface area (Å²) in [5, 5.41) is 2.18. The molecule has 0 saturated heterocycles. The van der Waals surface area contributed by atoms with Crippen LogP contribution in [0.2, 0.25) is 0 Å². The van der Waals surface area contributed by atoms with E-state index in [-0.39, 0.29) is 11.1 Å². The molecule has 0 fully saturated rings. The largest absolute Gasteiger partial charge is 0.353 e. The zero-order valence-electron chi connectivity index (χ0n) is 9.18. The summed E-state index contributed by atoms with van der Waals surface area (Å²) in [6.45, 7) is 1.15. The SMILES string of the molecule is COC1(C)NC(=O)c2ccc(Br)cc2C1(F)F. The lowest BCUT2D eigenvalue weighted by atomic mass is 9.89. The Morgan fingerprint density at radius 3 is 2.65 bits per heavy atom. The van der Waals surface area contributed by atoms with E-state index in [1.165, 1.54) is 12.1 Å². The highest BCUT2D eigenvalue weighted by Crippen LogP contribution is 2.44. The number of methoxy groups -OCH3 is 1. The highest BCUT2D eigenvalue weighted by atomic mass is 79.9. The molecular formula is C11H10BrF2NO2. The molecule has 1 aromatic carbocycles. The molecule has 3 nitrogen and oxygen atoms in total. The molecule has 1 unspecified atom stereocenters. The monoisotopic (exact) mass is 305 g/mol. The Morgan fingerprint density at radius 2 is 2.06 bits per heavy atom. The highest BCUT2D eigenvalue weighted by molar-refractivity contribution is 9.10. The molecule has 0 radical (unpaired) electrons. The van der Waals surface area contributed by atoms with Crippen molar-refractivity contribution in [3.63, 3.8) is 0 Å². The third kappa shape index (κ3) is 1.66. The molecule has 0 aliphatic carbocycles. The second-order valence-corrected chi connectivity index (χ2v) is 4.87. The van der Waals surface area contributed by atoms with Gasteiger partial charge < -0.3 is 10.1 Å². The van der Waals surface area contributed by atoms with Crippen LogP contribution in [0.3, 0.4) is 0 Å². The van der Waals surface area contributed by atoms with Gasteiger partial charge in [-0.15, -0.1) is 0 Å². The number of carbonyl (C=O) groups is 1. The minimum Gasteiger partial charge on any atom is -0.353 e. The van der Waals surface area contributed by atoms with Gasteiger partial charge in [0, 0.05) is 22.7 Å². The Labute approximate surface area is 105 Å². The van der Waals surface area contributed by atoms with Crippen LogP contribution in [0.1, 0.15) is 22.8 Å². The second-order valence-electron chi connectivity index (χ2n) is 3.96. The van der Waals surface area contributed by atoms with E-state index in [9.17, 15) is 13.6 Å². The highest BCUT2D eigenvalue weighted by Gasteiger charge is 2.58. The van der Waals surface area contributed by atoms with E-state index < -0.39 is 17.6 Å². The second kappa shape index (κ2) is 3.74. The van der Waals surface area contributed by atoms with Crippen molar-refractivity contribution in [3.05, 3.63) is 33.8 Å². The fourth-order valence-electron chi connectivity index (χ4n) is 1.77. The molecule has 0 saturated carbocycles. The van der Waals surface area contributed by atoms with Crippen molar-refractivity contribution in [3.8, 4) is 0 Å². The molecule has 0 spiro atoms. The van der Waals surface area contributed by atoms with Gasteiger partial charge in [-0.25, -0.2) is 0 Å². The van der Waals surface area contributed by atoms with Crippen LogP contribution in [-0.4, -0.2) is 18.7 Å². The van der Waals surface area contributed by atoms with Gasteiger partial charge in [0.15, 0.2) is 0 Å². The van der Waals surface area contributed by atoms with Crippen LogP contribution in [0.15, 0.2) is 22.7 Å². The van der Waals surface area contributed by atoms with Crippen molar-refractivity contribution < 1.29 is 18.3 Å². The summed E-state index contributed by atoms with van der Waals surface area (Å²) in [6.07, 6.45) is 0. The van der Waals surface area contributed by atoms with Gasteiger partial charge in [-0.3, -0.25) is 4.79 Å². The molecule has 1 aliphatic rings. The summed E-state index contributed by atoms with van der Waals surface area (Å²) in [5.74, 6) is -3.86. The summed E-state index contributed by atoms with van der Waals surface area (Å²) in [4.78, 5) is 11.7. The van der Waals surface area contributed by atoms with Crippen molar-refractivity contribution in [2.75, 3.05) is 7.11 Å². The lowest BCUT2D eigenvalue weighted by Crippen LogP contribution is -2.61. The van der Waals surface area contributed by atoms with Gasteiger partial charge in [-0.05, 0) is 25.1 Å². The molecule has 1 aromatic rings. The van der Waals surface area contributed by atoms with Crippen LogP contribution in [0.5, 0.6) is 0 Å². The minimum absolute atomic E-state index is 0.0345. The molecule has 92 valence electrons. The van der Waals surface area contributed by atoms with E-state index in [2.05, 4.69) is 21.2 Å². The van der Waals surface area contributed by atoms with Crippen LogP contribution in [0.25, 0.3) is 0 Å². The number of fused-ring (bicyclic) bond motifs is 1. The fraction of sp³-hybridized carbons (Fsp3) is 0.364. The number of hydrogen-bond donors (Lipinski definition) is 1. The molecule has 2 rings (SSSR count). The van der Waals surface area contributed by atoms with Crippen LogP contribution < -0.4 is 5.32 Å². The Balaban J connectivity index is 2.68. The van der Waals surface area contributed by atoms with Gasteiger partial charge >= 0.3 is 5.92 Å². The van der Waals surface area contributed by atoms with Crippen molar-refractivity contribution in [1.29, 1.82) is 0 Å². The topological polar surface area (TPSA) is 38.3 Å². The maximum Gasteiger partial charge on any atom is 0.320 e. The average Bonchev–Trinajstić information content (AvgIpc) is 2.26. The first-order valence-electron chi connectivity index (χ1n) is 4.87. The lowest BCUT2D eigenvalue weighted by Gasteiger charge is -2.41. The quantitative estimate of drug-likeness (QED) is 0.866. The summed E-state index contributed by atoms with van der Waals surface area (Å²) in [7, 11) is 1.14. The fourth-order valence-corrected chi connectivity index (χ4v) is 2.13. The normalized spacial score (nSPS) is 26.3.